The van der Waals surface area contributed by atoms with Gasteiger partial charge in [0.15, 0.2) is 0 Å². The summed E-state index contributed by atoms with van der Waals surface area (Å²) in [5.41, 5.74) is 1.90. The van der Waals surface area contributed by atoms with Crippen molar-refractivity contribution in [1.82, 2.24) is 10.3 Å². The minimum Gasteiger partial charge on any atom is -0.465 e. The van der Waals surface area contributed by atoms with E-state index >= 15 is 0 Å². The van der Waals surface area contributed by atoms with Gasteiger partial charge in [-0.2, -0.15) is 0 Å². The molecule has 1 saturated heterocycles. The maximum Gasteiger partial charge on any atom is 0.339 e. The summed E-state index contributed by atoms with van der Waals surface area (Å²) in [6, 6.07) is 9.84. The molecule has 0 saturated carbocycles. The molecule has 1 aromatic carbocycles. The fourth-order valence-electron chi connectivity index (χ4n) is 3.16. The zero-order valence-corrected chi connectivity index (χ0v) is 15.2. The predicted molar refractivity (Wildman–Crippen MR) is 98.8 cm³/mol. The largest absolute Gasteiger partial charge is 0.465 e. The lowest BCUT2D eigenvalue weighted by atomic mass is 9.95. The fraction of sp³-hybridized carbons (Fsp3) is 0.350. The van der Waals surface area contributed by atoms with E-state index in [-0.39, 0.29) is 17.6 Å². The van der Waals surface area contributed by atoms with E-state index in [1.54, 1.807) is 18.2 Å². The van der Waals surface area contributed by atoms with Crippen molar-refractivity contribution in [1.29, 1.82) is 0 Å². The number of halogens is 1. The highest BCUT2D eigenvalue weighted by molar-refractivity contribution is 5.88. The summed E-state index contributed by atoms with van der Waals surface area (Å²) >= 11 is 0. The number of pyridine rings is 1. The Labute approximate surface area is 157 Å². The molecule has 6 nitrogen and oxygen atoms in total. The number of amides is 1. The van der Waals surface area contributed by atoms with Crippen molar-refractivity contribution in [3.05, 3.63) is 59.7 Å². The van der Waals surface area contributed by atoms with Crippen LogP contribution in [0.5, 0.6) is 0 Å². The van der Waals surface area contributed by atoms with E-state index in [2.05, 4.69) is 19.9 Å². The Bertz CT molecular complexity index is 802. The van der Waals surface area contributed by atoms with Gasteiger partial charge in [-0.05, 0) is 43.2 Å². The van der Waals surface area contributed by atoms with Crippen LogP contribution in [0, 0.1) is 11.7 Å². The van der Waals surface area contributed by atoms with Crippen molar-refractivity contribution in [2.45, 2.75) is 19.4 Å². The van der Waals surface area contributed by atoms with Gasteiger partial charge in [0.05, 0.1) is 24.9 Å². The van der Waals surface area contributed by atoms with E-state index in [9.17, 15) is 14.0 Å². The van der Waals surface area contributed by atoms with Crippen molar-refractivity contribution in [3.8, 4) is 0 Å². The topological polar surface area (TPSA) is 71.5 Å². The van der Waals surface area contributed by atoms with Gasteiger partial charge in [0.2, 0.25) is 5.91 Å². The molecule has 0 spiro atoms. The number of esters is 1. The summed E-state index contributed by atoms with van der Waals surface area (Å²) in [5, 5.41) is 2.90. The smallest absolute Gasteiger partial charge is 0.339 e. The van der Waals surface area contributed by atoms with E-state index in [1.165, 1.54) is 25.4 Å². The molecule has 2 aromatic rings. The number of benzene rings is 1. The van der Waals surface area contributed by atoms with E-state index in [1.807, 2.05) is 6.07 Å². The van der Waals surface area contributed by atoms with Gasteiger partial charge in [-0.1, -0.05) is 6.07 Å². The Balaban J connectivity index is 1.47. The number of anilines is 1. The average Bonchev–Trinajstić information content (AvgIpc) is 2.72. The average molecular weight is 371 g/mol. The summed E-state index contributed by atoms with van der Waals surface area (Å²) < 4.78 is 18.0. The van der Waals surface area contributed by atoms with Crippen molar-refractivity contribution in [2.24, 2.45) is 5.92 Å². The van der Waals surface area contributed by atoms with E-state index in [0.29, 0.717) is 30.9 Å². The Morgan fingerprint density at radius 3 is 2.67 bits per heavy atom. The third-order valence-electron chi connectivity index (χ3n) is 4.73. The summed E-state index contributed by atoms with van der Waals surface area (Å²) in [6.07, 6.45) is 2.87. The molecular formula is C20H22FN3O3. The zero-order valence-electron chi connectivity index (χ0n) is 15.2. The van der Waals surface area contributed by atoms with Gasteiger partial charge in [-0.25, -0.2) is 9.18 Å². The summed E-state index contributed by atoms with van der Waals surface area (Å²) in [7, 11) is 1.32. The van der Waals surface area contributed by atoms with E-state index in [0.717, 1.165) is 18.5 Å². The van der Waals surface area contributed by atoms with Crippen molar-refractivity contribution < 1.29 is 18.7 Å². The van der Waals surface area contributed by atoms with Gasteiger partial charge in [0.25, 0.3) is 0 Å². The molecule has 1 N–H and O–H groups in total. The molecule has 1 aliphatic heterocycles. The van der Waals surface area contributed by atoms with Crippen LogP contribution in [0.4, 0.5) is 10.1 Å². The molecule has 0 bridgehead atoms. The number of hydrogen-bond donors (Lipinski definition) is 1. The molecule has 0 radical (unpaired) electrons. The quantitative estimate of drug-likeness (QED) is 0.818. The molecule has 0 unspecified atom stereocenters. The highest BCUT2D eigenvalue weighted by Gasteiger charge is 2.25. The normalized spacial score (nSPS) is 14.7. The number of nitrogens with one attached hydrogen (secondary N) is 1. The van der Waals surface area contributed by atoms with Gasteiger partial charge < -0.3 is 15.0 Å². The monoisotopic (exact) mass is 371 g/mol. The third-order valence-corrected chi connectivity index (χ3v) is 4.73. The number of carbonyl (C=O) groups excluding carboxylic acids is 2. The highest BCUT2D eigenvalue weighted by atomic mass is 19.1. The van der Waals surface area contributed by atoms with E-state index in [4.69, 9.17) is 0 Å². The van der Waals surface area contributed by atoms with Gasteiger partial charge in [-0.3, -0.25) is 9.78 Å². The summed E-state index contributed by atoms with van der Waals surface area (Å²) in [4.78, 5) is 30.0. The second kappa shape index (κ2) is 8.62. The predicted octanol–water partition coefficient (Wildman–Crippen LogP) is 2.54. The van der Waals surface area contributed by atoms with Crippen molar-refractivity contribution in [2.75, 3.05) is 25.1 Å². The number of carbonyl (C=O) groups is 2. The van der Waals surface area contributed by atoms with Crippen LogP contribution in [0.1, 0.15) is 28.9 Å². The lowest BCUT2D eigenvalue weighted by Crippen LogP contribution is -2.40. The molecule has 27 heavy (non-hydrogen) atoms. The number of aromatic nitrogens is 1. The molecule has 1 amide bonds. The van der Waals surface area contributed by atoms with Crippen LogP contribution in [0.2, 0.25) is 0 Å². The second-order valence-corrected chi connectivity index (χ2v) is 6.49. The minimum absolute atomic E-state index is 0.00673. The Hall–Kier alpha value is -2.96. The lowest BCUT2D eigenvalue weighted by molar-refractivity contribution is -0.125. The summed E-state index contributed by atoms with van der Waals surface area (Å²) in [5.74, 6) is -0.766. The highest BCUT2D eigenvalue weighted by Crippen LogP contribution is 2.24. The first-order valence-corrected chi connectivity index (χ1v) is 8.88. The molecular weight excluding hydrogens is 349 g/mol. The SMILES string of the molecule is COC(=O)c1ccc(CNC(=O)C2CCN(c3cccc(F)c3)CC2)nc1. The fourth-order valence-corrected chi connectivity index (χ4v) is 3.16. The first-order chi connectivity index (χ1) is 13.1. The van der Waals surface area contributed by atoms with Crippen LogP contribution in [-0.4, -0.2) is 37.1 Å². The minimum atomic E-state index is -0.442. The van der Waals surface area contributed by atoms with Gasteiger partial charge in [0, 0.05) is 30.9 Å². The first kappa shape index (κ1) is 18.8. The lowest BCUT2D eigenvalue weighted by Gasteiger charge is -2.33. The van der Waals surface area contributed by atoms with E-state index < -0.39 is 5.97 Å². The van der Waals surface area contributed by atoms with Gasteiger partial charge >= 0.3 is 5.97 Å². The van der Waals surface area contributed by atoms with Crippen LogP contribution in [0.15, 0.2) is 42.6 Å². The van der Waals surface area contributed by atoms with Crippen LogP contribution in [-0.2, 0) is 16.1 Å². The van der Waals surface area contributed by atoms with Crippen LogP contribution in [0.3, 0.4) is 0 Å². The first-order valence-electron chi connectivity index (χ1n) is 8.88. The summed E-state index contributed by atoms with van der Waals surface area (Å²) in [6.45, 7) is 1.74. The molecule has 1 aliphatic rings. The van der Waals surface area contributed by atoms with Crippen LogP contribution < -0.4 is 10.2 Å². The maximum atomic E-state index is 13.4. The molecule has 3 rings (SSSR count). The number of methoxy groups -OCH3 is 1. The maximum absolute atomic E-state index is 13.4. The molecule has 7 heteroatoms. The second-order valence-electron chi connectivity index (χ2n) is 6.49. The molecule has 1 fully saturated rings. The van der Waals surface area contributed by atoms with Gasteiger partial charge in [-0.15, -0.1) is 0 Å². The Kier molecular flexibility index (Phi) is 6.01. The number of rotatable bonds is 5. The zero-order chi connectivity index (χ0) is 19.2. The Morgan fingerprint density at radius 2 is 2.04 bits per heavy atom. The Morgan fingerprint density at radius 1 is 1.26 bits per heavy atom. The van der Waals surface area contributed by atoms with Gasteiger partial charge in [0.1, 0.15) is 5.82 Å². The molecule has 0 aliphatic carbocycles. The van der Waals surface area contributed by atoms with Crippen molar-refractivity contribution >= 4 is 17.6 Å². The van der Waals surface area contributed by atoms with Crippen LogP contribution >= 0.6 is 0 Å². The molecule has 142 valence electrons. The number of hydrogen-bond acceptors (Lipinski definition) is 5. The van der Waals surface area contributed by atoms with Crippen LogP contribution in [0.25, 0.3) is 0 Å². The molecule has 0 atom stereocenters. The molecule has 1 aromatic heterocycles. The number of nitrogens with zero attached hydrogens (tertiary/aromatic N) is 2. The third kappa shape index (κ3) is 4.81. The molecule has 2 heterocycles. The number of piperidine rings is 1. The van der Waals surface area contributed by atoms with Crippen molar-refractivity contribution in [3.63, 3.8) is 0 Å². The number of ether oxygens (including phenoxy) is 1. The standard InChI is InChI=1S/C20H22FN3O3/c1-27-20(26)15-5-6-17(22-12-15)13-23-19(25)14-7-9-24(10-8-14)18-4-2-3-16(21)11-18/h2-6,11-12,14H,7-10,13H2,1H3,(H,23,25).